The fourth-order valence-corrected chi connectivity index (χ4v) is 1.62. The number of anilines is 1. The predicted octanol–water partition coefficient (Wildman–Crippen LogP) is 1.61. The number of benzene rings is 1. The third-order valence-electron chi connectivity index (χ3n) is 2.69. The highest BCUT2D eigenvalue weighted by Gasteiger charge is 2.00. The fourth-order valence-electron chi connectivity index (χ4n) is 1.62. The van der Waals surface area contributed by atoms with Gasteiger partial charge in [0, 0.05) is 24.8 Å². The summed E-state index contributed by atoms with van der Waals surface area (Å²) >= 11 is 0. The van der Waals surface area contributed by atoms with Gasteiger partial charge >= 0.3 is 0 Å². The van der Waals surface area contributed by atoms with Gasteiger partial charge in [0.2, 0.25) is 5.91 Å². The molecule has 1 heterocycles. The van der Waals surface area contributed by atoms with Crippen LogP contribution >= 0.6 is 0 Å². The molecule has 0 bridgehead atoms. The van der Waals surface area contributed by atoms with Gasteiger partial charge in [0.1, 0.15) is 0 Å². The Bertz CT molecular complexity index is 530. The maximum atomic E-state index is 10.9. The first-order chi connectivity index (χ1) is 8.69. The van der Waals surface area contributed by atoms with Crippen molar-refractivity contribution in [2.45, 2.75) is 20.0 Å². The Kier molecular flexibility index (Phi) is 3.62. The molecule has 18 heavy (non-hydrogen) atoms. The van der Waals surface area contributed by atoms with Crippen LogP contribution in [-0.2, 0) is 13.1 Å². The van der Waals surface area contributed by atoms with Gasteiger partial charge in [-0.15, -0.1) is 0 Å². The molecule has 0 aliphatic heterocycles. The molecule has 0 fully saturated rings. The third-order valence-corrected chi connectivity index (χ3v) is 2.69. The summed E-state index contributed by atoms with van der Waals surface area (Å²) in [7, 11) is 0. The van der Waals surface area contributed by atoms with Gasteiger partial charge < -0.3 is 11.1 Å². The summed E-state index contributed by atoms with van der Waals surface area (Å²) in [4.78, 5) is 10.9. The second kappa shape index (κ2) is 5.35. The summed E-state index contributed by atoms with van der Waals surface area (Å²) in [6, 6.07) is 7.23. The van der Waals surface area contributed by atoms with Gasteiger partial charge in [0.25, 0.3) is 0 Å². The van der Waals surface area contributed by atoms with Crippen molar-refractivity contribution in [2.75, 3.05) is 5.32 Å². The number of hydrogen-bond donors (Lipinski definition) is 2. The second-order valence-corrected chi connectivity index (χ2v) is 4.00. The molecule has 3 N–H and O–H groups in total. The van der Waals surface area contributed by atoms with E-state index < -0.39 is 5.91 Å². The zero-order valence-corrected chi connectivity index (χ0v) is 10.3. The lowest BCUT2D eigenvalue weighted by molar-refractivity contribution is 0.100. The predicted molar refractivity (Wildman–Crippen MR) is 70.2 cm³/mol. The van der Waals surface area contributed by atoms with Gasteiger partial charge in [-0.05, 0) is 24.6 Å². The molecule has 0 saturated heterocycles. The largest absolute Gasteiger partial charge is 0.378 e. The molecule has 1 aromatic carbocycles. The minimum Gasteiger partial charge on any atom is -0.378 e. The van der Waals surface area contributed by atoms with Gasteiger partial charge in [0.05, 0.1) is 11.9 Å². The number of carbonyl (C=O) groups excluding carboxylic acids is 1. The molecule has 5 heteroatoms. The molecule has 2 aromatic rings. The van der Waals surface area contributed by atoms with Crippen molar-refractivity contribution in [3.05, 3.63) is 47.8 Å². The molecular formula is C13H16N4O. The molecular weight excluding hydrogens is 228 g/mol. The van der Waals surface area contributed by atoms with E-state index in [4.69, 9.17) is 5.73 Å². The SMILES string of the molecule is CCn1cc(NCc2ccc(C(N)=O)cc2)cn1. The van der Waals surface area contributed by atoms with Crippen LogP contribution in [0.2, 0.25) is 0 Å². The number of aryl methyl sites for hydroxylation is 1. The number of nitrogens with one attached hydrogen (secondary N) is 1. The first-order valence-electron chi connectivity index (χ1n) is 5.84. The van der Waals surface area contributed by atoms with Crippen LogP contribution in [0.15, 0.2) is 36.7 Å². The average Bonchev–Trinajstić information content (AvgIpc) is 2.85. The van der Waals surface area contributed by atoms with Crippen LogP contribution in [0.3, 0.4) is 0 Å². The topological polar surface area (TPSA) is 72.9 Å². The minimum absolute atomic E-state index is 0.404. The molecule has 0 radical (unpaired) electrons. The molecule has 1 amide bonds. The van der Waals surface area contributed by atoms with Crippen molar-refractivity contribution < 1.29 is 4.79 Å². The lowest BCUT2D eigenvalue weighted by Gasteiger charge is -2.04. The van der Waals surface area contributed by atoms with E-state index in [2.05, 4.69) is 10.4 Å². The standard InChI is InChI=1S/C13H16N4O/c1-2-17-9-12(8-16-17)15-7-10-3-5-11(6-4-10)13(14)18/h3-6,8-9,15H,2,7H2,1H3,(H2,14,18). The quantitative estimate of drug-likeness (QED) is 0.839. The summed E-state index contributed by atoms with van der Waals surface area (Å²) in [6.45, 7) is 3.59. The van der Waals surface area contributed by atoms with Crippen LogP contribution < -0.4 is 11.1 Å². The summed E-state index contributed by atoms with van der Waals surface area (Å²) < 4.78 is 1.86. The van der Waals surface area contributed by atoms with E-state index in [-0.39, 0.29) is 0 Å². The van der Waals surface area contributed by atoms with Crippen LogP contribution in [0, 0.1) is 0 Å². The minimum atomic E-state index is -0.404. The van der Waals surface area contributed by atoms with E-state index in [9.17, 15) is 4.79 Å². The Morgan fingerprint density at radius 1 is 1.39 bits per heavy atom. The molecule has 5 nitrogen and oxygen atoms in total. The number of aromatic nitrogens is 2. The van der Waals surface area contributed by atoms with Crippen LogP contribution in [0.1, 0.15) is 22.8 Å². The van der Waals surface area contributed by atoms with Gasteiger partial charge in [-0.1, -0.05) is 12.1 Å². The highest BCUT2D eigenvalue weighted by atomic mass is 16.1. The average molecular weight is 244 g/mol. The molecule has 1 aromatic heterocycles. The van der Waals surface area contributed by atoms with Crippen molar-refractivity contribution in [3.8, 4) is 0 Å². The highest BCUT2D eigenvalue weighted by molar-refractivity contribution is 5.92. The van der Waals surface area contributed by atoms with E-state index in [0.29, 0.717) is 12.1 Å². The Hall–Kier alpha value is -2.30. The van der Waals surface area contributed by atoms with Gasteiger partial charge in [-0.2, -0.15) is 5.10 Å². The first-order valence-corrected chi connectivity index (χ1v) is 5.84. The normalized spacial score (nSPS) is 10.3. The number of nitrogens with two attached hydrogens (primary N) is 1. The lowest BCUT2D eigenvalue weighted by Crippen LogP contribution is -2.10. The molecule has 0 spiro atoms. The second-order valence-electron chi connectivity index (χ2n) is 4.00. The molecule has 0 aliphatic carbocycles. The first kappa shape index (κ1) is 12.2. The van der Waals surface area contributed by atoms with E-state index in [1.807, 2.05) is 29.9 Å². The molecule has 2 rings (SSSR count). The smallest absolute Gasteiger partial charge is 0.248 e. The Labute approximate surface area is 106 Å². The Morgan fingerprint density at radius 3 is 2.67 bits per heavy atom. The summed E-state index contributed by atoms with van der Waals surface area (Å²) in [6.07, 6.45) is 3.75. The number of amides is 1. The van der Waals surface area contributed by atoms with Gasteiger partial charge in [-0.3, -0.25) is 9.48 Å². The van der Waals surface area contributed by atoms with Crippen molar-refractivity contribution in [3.63, 3.8) is 0 Å². The summed E-state index contributed by atoms with van der Waals surface area (Å²) in [5.41, 5.74) is 7.78. The van der Waals surface area contributed by atoms with Crippen LogP contribution in [0.25, 0.3) is 0 Å². The Morgan fingerprint density at radius 2 is 2.11 bits per heavy atom. The Balaban J connectivity index is 1.95. The molecule has 0 atom stereocenters. The van der Waals surface area contributed by atoms with Crippen LogP contribution in [-0.4, -0.2) is 15.7 Å². The number of carbonyl (C=O) groups is 1. The number of rotatable bonds is 5. The zero-order chi connectivity index (χ0) is 13.0. The summed E-state index contributed by atoms with van der Waals surface area (Å²) in [5, 5.41) is 7.44. The fraction of sp³-hybridized carbons (Fsp3) is 0.231. The molecule has 0 saturated carbocycles. The van der Waals surface area contributed by atoms with Crippen molar-refractivity contribution in [1.29, 1.82) is 0 Å². The van der Waals surface area contributed by atoms with Crippen molar-refractivity contribution in [2.24, 2.45) is 5.73 Å². The van der Waals surface area contributed by atoms with E-state index in [0.717, 1.165) is 17.8 Å². The van der Waals surface area contributed by atoms with Gasteiger partial charge in [-0.25, -0.2) is 0 Å². The molecule has 0 aliphatic rings. The summed E-state index contributed by atoms with van der Waals surface area (Å²) in [5.74, 6) is -0.404. The third kappa shape index (κ3) is 2.88. The number of hydrogen-bond acceptors (Lipinski definition) is 3. The van der Waals surface area contributed by atoms with Gasteiger partial charge in [0.15, 0.2) is 0 Å². The maximum Gasteiger partial charge on any atom is 0.248 e. The lowest BCUT2D eigenvalue weighted by atomic mass is 10.1. The highest BCUT2D eigenvalue weighted by Crippen LogP contribution is 2.09. The monoisotopic (exact) mass is 244 g/mol. The molecule has 94 valence electrons. The number of nitrogens with zero attached hydrogens (tertiary/aromatic N) is 2. The number of primary amides is 1. The van der Waals surface area contributed by atoms with E-state index in [1.165, 1.54) is 0 Å². The molecule has 0 unspecified atom stereocenters. The van der Waals surface area contributed by atoms with E-state index >= 15 is 0 Å². The van der Waals surface area contributed by atoms with Crippen molar-refractivity contribution in [1.82, 2.24) is 9.78 Å². The van der Waals surface area contributed by atoms with Crippen LogP contribution in [0.5, 0.6) is 0 Å². The maximum absolute atomic E-state index is 10.9. The van der Waals surface area contributed by atoms with Crippen molar-refractivity contribution >= 4 is 11.6 Å². The van der Waals surface area contributed by atoms with Crippen LogP contribution in [0.4, 0.5) is 5.69 Å². The van der Waals surface area contributed by atoms with E-state index in [1.54, 1.807) is 18.3 Å². The zero-order valence-electron chi connectivity index (χ0n) is 10.3.